The van der Waals surface area contributed by atoms with Gasteiger partial charge in [0.1, 0.15) is 5.00 Å². The fourth-order valence-electron chi connectivity index (χ4n) is 6.22. The molecule has 0 saturated carbocycles. The van der Waals surface area contributed by atoms with Crippen molar-refractivity contribution in [2.45, 2.75) is 50.0 Å². The Bertz CT molecular complexity index is 2300. The molecule has 6 rings (SSSR count). The summed E-state index contributed by atoms with van der Waals surface area (Å²) in [6.07, 6.45) is 4.97. The van der Waals surface area contributed by atoms with Crippen LogP contribution in [-0.2, 0) is 51.7 Å². The third kappa shape index (κ3) is 9.11. The Labute approximate surface area is 317 Å². The van der Waals surface area contributed by atoms with Crippen molar-refractivity contribution in [3.63, 3.8) is 0 Å². The number of ether oxygens (including phenoxy) is 2. The molecule has 0 fully saturated rings. The molecule has 0 saturated heterocycles. The summed E-state index contributed by atoms with van der Waals surface area (Å²) in [7, 11) is -1.41. The average Bonchev–Trinajstić information content (AvgIpc) is 3.57. The van der Waals surface area contributed by atoms with E-state index in [1.54, 1.807) is 36.4 Å². The van der Waals surface area contributed by atoms with E-state index in [0.29, 0.717) is 39.4 Å². The number of hydrogen-bond acceptors (Lipinski definition) is 9. The van der Waals surface area contributed by atoms with Crippen LogP contribution in [0.2, 0.25) is 0 Å². The fourth-order valence-corrected chi connectivity index (χ4v) is 8.57. The third-order valence-corrected chi connectivity index (χ3v) is 11.7. The predicted octanol–water partition coefficient (Wildman–Crippen LogP) is 6.97. The van der Waals surface area contributed by atoms with Crippen molar-refractivity contribution in [2.75, 3.05) is 24.9 Å². The molecule has 11 nitrogen and oxygen atoms in total. The lowest BCUT2D eigenvalue weighted by Crippen LogP contribution is -2.24. The summed E-state index contributed by atoms with van der Waals surface area (Å²) in [6.45, 7) is -0.0837. The number of esters is 2. The Hall–Kier alpha value is -5.63. The lowest BCUT2D eigenvalue weighted by Gasteiger charge is -2.14. The minimum Gasteiger partial charge on any atom is -0.465 e. The summed E-state index contributed by atoms with van der Waals surface area (Å²) in [4.78, 5) is 52.0. The molecule has 5 aromatic rings. The molecular formula is C41H39N3O8S2. The zero-order valence-electron chi connectivity index (χ0n) is 29.8. The smallest absolute Gasteiger partial charge is 0.337 e. The molecule has 0 atom stereocenters. The number of thiophene rings is 1. The van der Waals surface area contributed by atoms with Crippen LogP contribution in [0.3, 0.4) is 0 Å². The van der Waals surface area contributed by atoms with Crippen LogP contribution in [0.25, 0.3) is 0 Å². The molecule has 1 aliphatic rings. The van der Waals surface area contributed by atoms with Gasteiger partial charge in [-0.1, -0.05) is 42.5 Å². The minimum absolute atomic E-state index is 0.0837. The number of rotatable bonds is 13. The van der Waals surface area contributed by atoms with Crippen LogP contribution in [-0.4, -0.2) is 46.4 Å². The quantitative estimate of drug-likeness (QED) is 0.109. The van der Waals surface area contributed by atoms with E-state index in [0.717, 1.165) is 53.7 Å². The van der Waals surface area contributed by atoms with Gasteiger partial charge in [-0.05, 0) is 115 Å². The van der Waals surface area contributed by atoms with E-state index >= 15 is 0 Å². The maximum Gasteiger partial charge on any atom is 0.337 e. The van der Waals surface area contributed by atoms with Crippen molar-refractivity contribution in [1.82, 2.24) is 4.72 Å². The molecule has 1 aromatic heterocycles. The number of aryl methyl sites for hydroxylation is 3. The number of benzene rings is 4. The van der Waals surface area contributed by atoms with Crippen molar-refractivity contribution in [3.8, 4) is 0 Å². The summed E-state index contributed by atoms with van der Waals surface area (Å²) < 4.78 is 38.5. The van der Waals surface area contributed by atoms with Crippen LogP contribution >= 0.6 is 11.3 Å². The van der Waals surface area contributed by atoms with Gasteiger partial charge in [0.15, 0.2) is 0 Å². The second kappa shape index (κ2) is 17.0. The molecule has 3 N–H and O–H groups in total. The first-order chi connectivity index (χ1) is 26.0. The number of carbonyl (C=O) groups is 4. The highest BCUT2D eigenvalue weighted by molar-refractivity contribution is 7.89. The maximum absolute atomic E-state index is 13.8. The topological polar surface area (TPSA) is 157 Å². The van der Waals surface area contributed by atoms with Gasteiger partial charge in [-0.3, -0.25) is 9.59 Å². The van der Waals surface area contributed by atoms with Crippen molar-refractivity contribution >= 4 is 55.8 Å². The first-order valence-electron chi connectivity index (χ1n) is 17.3. The molecule has 13 heteroatoms. The van der Waals surface area contributed by atoms with E-state index in [9.17, 15) is 27.6 Å². The van der Waals surface area contributed by atoms with Crippen LogP contribution in [0.15, 0.2) is 102 Å². The Morgan fingerprint density at radius 1 is 0.667 bits per heavy atom. The highest BCUT2D eigenvalue weighted by atomic mass is 32.2. The molecule has 0 bridgehead atoms. The zero-order valence-corrected chi connectivity index (χ0v) is 31.4. The van der Waals surface area contributed by atoms with Crippen molar-refractivity contribution < 1.29 is 37.1 Å². The van der Waals surface area contributed by atoms with Crippen LogP contribution in [0.5, 0.6) is 0 Å². The molecule has 54 heavy (non-hydrogen) atoms. The molecule has 2 amide bonds. The zero-order chi connectivity index (χ0) is 38.2. The molecule has 0 unspecified atom stereocenters. The Kier molecular flexibility index (Phi) is 12.0. The lowest BCUT2D eigenvalue weighted by molar-refractivity contribution is 0.0592. The van der Waals surface area contributed by atoms with Gasteiger partial charge in [0, 0.05) is 22.7 Å². The maximum atomic E-state index is 13.8. The van der Waals surface area contributed by atoms with Crippen LogP contribution in [0.4, 0.5) is 10.7 Å². The van der Waals surface area contributed by atoms with E-state index in [1.165, 1.54) is 49.8 Å². The fraction of sp³-hybridized carbons (Fsp3) is 0.220. The van der Waals surface area contributed by atoms with E-state index < -0.39 is 21.9 Å². The highest BCUT2D eigenvalue weighted by Crippen LogP contribution is 2.39. The van der Waals surface area contributed by atoms with Crippen LogP contribution in [0, 0.1) is 0 Å². The van der Waals surface area contributed by atoms with E-state index in [1.807, 2.05) is 36.4 Å². The number of sulfonamides is 1. The Morgan fingerprint density at radius 2 is 1.30 bits per heavy atom. The summed E-state index contributed by atoms with van der Waals surface area (Å²) in [5.41, 5.74) is 5.58. The number of fused-ring (bicyclic) bond motifs is 1. The molecule has 1 aliphatic carbocycles. The second-order valence-electron chi connectivity index (χ2n) is 12.8. The lowest BCUT2D eigenvalue weighted by atomic mass is 9.95. The Balaban J connectivity index is 1.12. The number of anilines is 2. The minimum atomic E-state index is -4.03. The molecule has 0 radical (unpaired) electrons. The van der Waals surface area contributed by atoms with E-state index in [2.05, 4.69) is 15.4 Å². The first kappa shape index (κ1) is 38.1. The molecule has 4 aromatic carbocycles. The summed E-state index contributed by atoms with van der Waals surface area (Å²) in [6, 6.07) is 27.0. The predicted molar refractivity (Wildman–Crippen MR) is 207 cm³/mol. The number of nitrogens with one attached hydrogen (secondary N) is 3. The summed E-state index contributed by atoms with van der Waals surface area (Å²) in [5, 5.41) is 6.31. The van der Waals surface area contributed by atoms with Gasteiger partial charge in [-0.25, -0.2) is 22.7 Å². The van der Waals surface area contributed by atoms with Crippen LogP contribution < -0.4 is 15.4 Å². The van der Waals surface area contributed by atoms with Gasteiger partial charge in [0.05, 0.1) is 35.8 Å². The van der Waals surface area contributed by atoms with Gasteiger partial charge in [-0.2, -0.15) is 0 Å². The number of methoxy groups -OCH3 is 2. The van der Waals surface area contributed by atoms with Gasteiger partial charge in [0.25, 0.3) is 11.8 Å². The van der Waals surface area contributed by atoms with E-state index in [-0.39, 0.29) is 28.9 Å². The summed E-state index contributed by atoms with van der Waals surface area (Å²) in [5.74, 6) is -1.79. The van der Waals surface area contributed by atoms with Crippen molar-refractivity contribution in [3.05, 3.63) is 146 Å². The molecule has 0 aliphatic heterocycles. The normalized spacial score (nSPS) is 12.3. The van der Waals surface area contributed by atoms with Gasteiger partial charge >= 0.3 is 11.9 Å². The van der Waals surface area contributed by atoms with Gasteiger partial charge < -0.3 is 20.1 Å². The van der Waals surface area contributed by atoms with Gasteiger partial charge in [-0.15, -0.1) is 11.3 Å². The number of amides is 2. The molecular weight excluding hydrogens is 727 g/mol. The molecule has 0 spiro atoms. The van der Waals surface area contributed by atoms with E-state index in [4.69, 9.17) is 9.47 Å². The molecule has 278 valence electrons. The Morgan fingerprint density at radius 3 is 2.00 bits per heavy atom. The van der Waals surface area contributed by atoms with Crippen molar-refractivity contribution in [2.24, 2.45) is 0 Å². The number of carbonyl (C=O) groups excluding carboxylic acids is 4. The monoisotopic (exact) mass is 765 g/mol. The molecule has 1 heterocycles. The first-order valence-corrected chi connectivity index (χ1v) is 19.6. The van der Waals surface area contributed by atoms with Gasteiger partial charge in [0.2, 0.25) is 10.0 Å². The average molecular weight is 766 g/mol. The summed E-state index contributed by atoms with van der Waals surface area (Å²) >= 11 is 1.37. The van der Waals surface area contributed by atoms with Crippen molar-refractivity contribution in [1.29, 1.82) is 0 Å². The number of hydrogen-bond donors (Lipinski definition) is 3. The largest absolute Gasteiger partial charge is 0.465 e. The van der Waals surface area contributed by atoms with Crippen LogP contribution in [0.1, 0.15) is 81.4 Å². The highest BCUT2D eigenvalue weighted by Gasteiger charge is 2.27. The third-order valence-electron chi connectivity index (χ3n) is 9.14. The SMILES string of the molecule is COC(=O)c1ccc(CCc2ccc(NC(=O)c3c(NC(=O)c4cccc(S(=O)(=O)NCc5cccc(C(=O)OC)c5)c4)sc4c3CCCC4)cc2)cc1. The standard InChI is InChI=1S/C41H39N3O8S2/c1-51-40(47)29-19-15-26(16-20-29)13-14-27-17-21-32(22-18-27)43-38(46)36-34-11-3-4-12-35(34)53-39(36)44-37(45)30-8-6-10-33(24-30)54(49,50)42-25-28-7-5-9-31(23-28)41(48)52-2/h5-10,15-24,42H,3-4,11-14,25H2,1-2H3,(H,43,46)(H,44,45). The second-order valence-corrected chi connectivity index (χ2v) is 15.6.